The van der Waals surface area contributed by atoms with E-state index in [0.29, 0.717) is 0 Å². The van der Waals surface area contributed by atoms with Gasteiger partial charge in [0.25, 0.3) is 0 Å². The van der Waals surface area contributed by atoms with Gasteiger partial charge >= 0.3 is 0 Å². The molecule has 13 rings (SSSR count). The Morgan fingerprint density at radius 1 is 0.209 bits per heavy atom. The van der Waals surface area contributed by atoms with Gasteiger partial charge in [0.15, 0.2) is 0 Å². The molecule has 312 valence electrons. The Hall–Kier alpha value is -8.78. The summed E-state index contributed by atoms with van der Waals surface area (Å²) in [7, 11) is 0. The van der Waals surface area contributed by atoms with E-state index in [0.717, 1.165) is 28.2 Å². The van der Waals surface area contributed by atoms with Gasteiger partial charge in [-0.1, -0.05) is 224 Å². The van der Waals surface area contributed by atoms with Crippen LogP contribution in [0.4, 0.5) is 17.1 Å². The molecule has 1 nitrogen and oxygen atoms in total. The second-order valence-electron chi connectivity index (χ2n) is 17.6. The maximum Gasteiger partial charge on any atom is 0.0540 e. The summed E-state index contributed by atoms with van der Waals surface area (Å²) in [5.74, 6) is 0. The molecule has 13 aromatic carbocycles. The van der Waals surface area contributed by atoms with E-state index in [9.17, 15) is 0 Å². The number of benzene rings is 13. The van der Waals surface area contributed by atoms with E-state index in [1.54, 1.807) is 0 Å². The van der Waals surface area contributed by atoms with Crippen molar-refractivity contribution in [1.82, 2.24) is 0 Å². The minimum absolute atomic E-state index is 1.09. The van der Waals surface area contributed by atoms with Gasteiger partial charge in [-0.2, -0.15) is 0 Å². The first kappa shape index (κ1) is 38.7. The van der Waals surface area contributed by atoms with Gasteiger partial charge in [0.1, 0.15) is 0 Å². The van der Waals surface area contributed by atoms with Crippen molar-refractivity contribution >= 4 is 81.7 Å². The number of fused-ring (bicyclic) bond motifs is 9. The number of para-hydroxylation sites is 1. The first-order valence-electron chi connectivity index (χ1n) is 23.2. The minimum Gasteiger partial charge on any atom is -0.309 e. The lowest BCUT2D eigenvalue weighted by atomic mass is 9.84. The molecule has 0 aliphatic heterocycles. The van der Waals surface area contributed by atoms with Gasteiger partial charge in [-0.15, -0.1) is 0 Å². The average molecular weight is 850 g/mol. The molecule has 0 fully saturated rings. The molecule has 67 heavy (non-hydrogen) atoms. The second-order valence-corrected chi connectivity index (χ2v) is 17.6. The number of anilines is 3. The molecular weight excluding hydrogens is 807 g/mol. The van der Waals surface area contributed by atoms with Gasteiger partial charge in [0, 0.05) is 16.6 Å². The van der Waals surface area contributed by atoms with E-state index >= 15 is 0 Å². The SMILES string of the molecule is c1ccc(-c2c(-c3ccccc3)c3cc(-c4ccccc4N(c4ccc(-c5ccc6c(ccc7ccccc76)c5)cc4)c4cccc5c4ccc4ccccc45)ccc3c3ccccc23)cc1. The molecule has 0 atom stereocenters. The third-order valence-electron chi connectivity index (χ3n) is 13.8. The molecule has 13 aromatic rings. The molecule has 0 spiro atoms. The lowest BCUT2D eigenvalue weighted by molar-refractivity contribution is 1.30. The van der Waals surface area contributed by atoms with Crippen LogP contribution in [0.3, 0.4) is 0 Å². The van der Waals surface area contributed by atoms with Crippen LogP contribution in [0.15, 0.2) is 261 Å². The summed E-state index contributed by atoms with van der Waals surface area (Å²) in [5.41, 5.74) is 12.9. The van der Waals surface area contributed by atoms with E-state index in [1.807, 2.05) is 0 Å². The zero-order valence-electron chi connectivity index (χ0n) is 36.8. The van der Waals surface area contributed by atoms with Crippen LogP contribution in [0.5, 0.6) is 0 Å². The van der Waals surface area contributed by atoms with Crippen LogP contribution in [0.1, 0.15) is 0 Å². The van der Waals surface area contributed by atoms with E-state index in [2.05, 4.69) is 266 Å². The Kier molecular flexibility index (Phi) is 9.25. The molecule has 0 N–H and O–H groups in total. The summed E-state index contributed by atoms with van der Waals surface area (Å²) >= 11 is 0. The van der Waals surface area contributed by atoms with Crippen molar-refractivity contribution in [3.63, 3.8) is 0 Å². The Morgan fingerprint density at radius 3 is 1.42 bits per heavy atom. The molecule has 0 aliphatic rings. The highest BCUT2D eigenvalue weighted by atomic mass is 15.1. The van der Waals surface area contributed by atoms with Crippen LogP contribution < -0.4 is 4.90 Å². The normalized spacial score (nSPS) is 11.6. The highest BCUT2D eigenvalue weighted by Gasteiger charge is 2.22. The molecule has 0 saturated carbocycles. The third-order valence-corrected chi connectivity index (χ3v) is 13.8. The van der Waals surface area contributed by atoms with Gasteiger partial charge in [-0.3, -0.25) is 0 Å². The number of hydrogen-bond acceptors (Lipinski definition) is 1. The van der Waals surface area contributed by atoms with Crippen molar-refractivity contribution in [2.24, 2.45) is 0 Å². The van der Waals surface area contributed by atoms with E-state index in [4.69, 9.17) is 0 Å². The summed E-state index contributed by atoms with van der Waals surface area (Å²) < 4.78 is 0. The molecule has 0 heterocycles. The van der Waals surface area contributed by atoms with E-state index in [1.165, 1.54) is 98.0 Å². The molecule has 0 bridgehead atoms. The van der Waals surface area contributed by atoms with Crippen LogP contribution in [0, 0.1) is 0 Å². The fourth-order valence-corrected chi connectivity index (χ4v) is 10.7. The van der Waals surface area contributed by atoms with Crippen molar-refractivity contribution in [2.45, 2.75) is 0 Å². The molecule has 0 aliphatic carbocycles. The molecule has 0 amide bonds. The average Bonchev–Trinajstić information content (AvgIpc) is 3.41. The quantitative estimate of drug-likeness (QED) is 0.144. The first-order chi connectivity index (χ1) is 33.2. The predicted octanol–water partition coefficient (Wildman–Crippen LogP) is 18.7. The van der Waals surface area contributed by atoms with Crippen molar-refractivity contribution in [2.75, 3.05) is 4.90 Å². The fourth-order valence-electron chi connectivity index (χ4n) is 10.7. The highest BCUT2D eigenvalue weighted by molar-refractivity contribution is 6.22. The molecule has 1 heteroatoms. The monoisotopic (exact) mass is 849 g/mol. The smallest absolute Gasteiger partial charge is 0.0540 e. The summed E-state index contributed by atoms with van der Waals surface area (Å²) in [5, 5.41) is 15.0. The van der Waals surface area contributed by atoms with Gasteiger partial charge in [-0.25, -0.2) is 0 Å². The second kappa shape index (κ2) is 16.0. The molecule has 0 aromatic heterocycles. The Morgan fingerprint density at radius 2 is 0.672 bits per heavy atom. The Bertz CT molecular complexity index is 4020. The van der Waals surface area contributed by atoms with Gasteiger partial charge in [-0.05, 0) is 135 Å². The van der Waals surface area contributed by atoms with Gasteiger partial charge in [0.05, 0.1) is 11.4 Å². The zero-order chi connectivity index (χ0) is 44.3. The van der Waals surface area contributed by atoms with Gasteiger partial charge < -0.3 is 4.90 Å². The van der Waals surface area contributed by atoms with Crippen LogP contribution in [0.25, 0.3) is 109 Å². The first-order valence-corrected chi connectivity index (χ1v) is 23.2. The summed E-state index contributed by atoms with van der Waals surface area (Å²) in [6.07, 6.45) is 0. The molecular formula is C66H43N. The lowest BCUT2D eigenvalue weighted by Gasteiger charge is -2.29. The fraction of sp³-hybridized carbons (Fsp3) is 0. The van der Waals surface area contributed by atoms with Crippen molar-refractivity contribution < 1.29 is 0 Å². The summed E-state index contributed by atoms with van der Waals surface area (Å²) in [4.78, 5) is 2.47. The minimum atomic E-state index is 1.09. The van der Waals surface area contributed by atoms with E-state index in [-0.39, 0.29) is 0 Å². The summed E-state index contributed by atoms with van der Waals surface area (Å²) in [6, 6.07) is 96.0. The number of nitrogens with zero attached hydrogens (tertiary/aromatic N) is 1. The topological polar surface area (TPSA) is 3.24 Å². The molecule has 0 unspecified atom stereocenters. The predicted molar refractivity (Wildman–Crippen MR) is 288 cm³/mol. The van der Waals surface area contributed by atoms with E-state index < -0.39 is 0 Å². The summed E-state index contributed by atoms with van der Waals surface area (Å²) in [6.45, 7) is 0. The largest absolute Gasteiger partial charge is 0.309 e. The number of hydrogen-bond donors (Lipinski definition) is 0. The zero-order valence-corrected chi connectivity index (χ0v) is 36.8. The highest BCUT2D eigenvalue weighted by Crippen LogP contribution is 2.48. The van der Waals surface area contributed by atoms with Crippen LogP contribution >= 0.6 is 0 Å². The van der Waals surface area contributed by atoms with Crippen molar-refractivity contribution in [1.29, 1.82) is 0 Å². The maximum atomic E-state index is 2.47. The Labute approximate surface area is 390 Å². The van der Waals surface area contributed by atoms with Crippen molar-refractivity contribution in [3.8, 4) is 44.5 Å². The maximum absolute atomic E-state index is 2.47. The van der Waals surface area contributed by atoms with Crippen LogP contribution in [-0.4, -0.2) is 0 Å². The standard InChI is InChI=1S/C66H43N/c1-3-18-47(19-4-1)65-61-26-12-11-25-58(61)59-40-36-51(43-62(59)66(65)48-20-5-2-6-21-48)56-24-13-14-28-63(56)67(64-29-15-27-57-54-23-10-8-17-46(54)34-41-60(57)64)52-37-32-44(33-38-52)49-35-39-55-50(42-49)31-30-45-16-7-9-22-53(45)55/h1-43H. The molecule has 0 saturated heterocycles. The molecule has 0 radical (unpaired) electrons. The lowest BCUT2D eigenvalue weighted by Crippen LogP contribution is -2.11. The Balaban J connectivity index is 1.02. The van der Waals surface area contributed by atoms with Gasteiger partial charge in [0.2, 0.25) is 0 Å². The third kappa shape index (κ3) is 6.55. The number of rotatable bonds is 7. The van der Waals surface area contributed by atoms with Crippen LogP contribution in [-0.2, 0) is 0 Å². The van der Waals surface area contributed by atoms with Crippen molar-refractivity contribution in [3.05, 3.63) is 261 Å². The van der Waals surface area contributed by atoms with Crippen LogP contribution in [0.2, 0.25) is 0 Å².